The monoisotopic (exact) mass is 482 g/mol. The molecule has 1 aliphatic heterocycles. The van der Waals surface area contributed by atoms with Gasteiger partial charge in [0.25, 0.3) is 5.56 Å². The molecule has 35 heavy (non-hydrogen) atoms. The molecule has 7 nitrogen and oxygen atoms in total. The van der Waals surface area contributed by atoms with E-state index in [4.69, 9.17) is 4.74 Å². The summed E-state index contributed by atoms with van der Waals surface area (Å²) < 4.78 is 34.1. The van der Waals surface area contributed by atoms with Gasteiger partial charge in [-0.15, -0.1) is 0 Å². The second-order valence-electron chi connectivity index (χ2n) is 8.62. The Bertz CT molecular complexity index is 1250. The van der Waals surface area contributed by atoms with Gasteiger partial charge in [0.1, 0.15) is 0 Å². The molecule has 0 radical (unpaired) electrons. The van der Waals surface area contributed by atoms with Crippen LogP contribution in [0.5, 0.6) is 0 Å². The van der Waals surface area contributed by atoms with Gasteiger partial charge in [-0.3, -0.25) is 9.69 Å². The van der Waals surface area contributed by atoms with Crippen molar-refractivity contribution >= 4 is 11.7 Å². The molecule has 1 fully saturated rings. The van der Waals surface area contributed by atoms with Gasteiger partial charge in [0.05, 0.1) is 23.9 Å². The number of carbonyl (C=O) groups is 1. The van der Waals surface area contributed by atoms with Crippen LogP contribution >= 0.6 is 0 Å². The minimum Gasteiger partial charge on any atom is -0.383 e. The Balaban J connectivity index is 1.57. The van der Waals surface area contributed by atoms with Crippen molar-refractivity contribution in [2.24, 2.45) is 7.05 Å². The average Bonchev–Trinajstić information content (AvgIpc) is 3.24. The van der Waals surface area contributed by atoms with Crippen LogP contribution in [0.3, 0.4) is 0 Å². The fraction of sp³-hybridized carbons (Fsp3) is 0.308. The van der Waals surface area contributed by atoms with Gasteiger partial charge in [0.15, 0.2) is 11.6 Å². The Morgan fingerprint density at radius 1 is 1.09 bits per heavy atom. The van der Waals surface area contributed by atoms with E-state index in [1.54, 1.807) is 32.5 Å². The minimum atomic E-state index is -0.923. The zero-order valence-corrected chi connectivity index (χ0v) is 19.6. The number of nitrogens with zero attached hydrogens (tertiary/aromatic N) is 2. The third kappa shape index (κ3) is 5.58. The number of urea groups is 1. The summed E-state index contributed by atoms with van der Waals surface area (Å²) >= 11 is 0. The number of methoxy groups -OCH3 is 1. The van der Waals surface area contributed by atoms with Crippen molar-refractivity contribution in [2.75, 3.05) is 38.7 Å². The van der Waals surface area contributed by atoms with Crippen LogP contribution in [0, 0.1) is 11.6 Å². The predicted octanol–water partition coefficient (Wildman–Crippen LogP) is 3.57. The lowest BCUT2D eigenvalue weighted by Gasteiger charge is -2.21. The molecule has 0 unspecified atom stereocenters. The molecular formula is C26H28F2N4O3. The molecule has 2 heterocycles. The Morgan fingerprint density at radius 3 is 2.57 bits per heavy atom. The molecule has 0 spiro atoms. The van der Waals surface area contributed by atoms with Crippen molar-refractivity contribution in [1.82, 2.24) is 14.8 Å². The number of hydrogen-bond acceptors (Lipinski definition) is 4. The van der Waals surface area contributed by atoms with Crippen LogP contribution in [-0.4, -0.2) is 54.9 Å². The highest BCUT2D eigenvalue weighted by molar-refractivity contribution is 5.94. The maximum atomic E-state index is 13.9. The molecular weight excluding hydrogens is 454 g/mol. The lowest BCUT2D eigenvalue weighted by atomic mass is 9.94. The molecule has 0 aliphatic carbocycles. The van der Waals surface area contributed by atoms with E-state index in [2.05, 4.69) is 15.5 Å². The third-order valence-electron chi connectivity index (χ3n) is 6.27. The smallest absolute Gasteiger partial charge is 0.319 e. The highest BCUT2D eigenvalue weighted by atomic mass is 19.2. The molecule has 184 valence electrons. The van der Waals surface area contributed by atoms with Crippen molar-refractivity contribution < 1.29 is 18.3 Å². The van der Waals surface area contributed by atoms with Gasteiger partial charge < -0.3 is 19.9 Å². The van der Waals surface area contributed by atoms with E-state index in [-0.39, 0.29) is 17.5 Å². The number of rotatable bonds is 7. The fourth-order valence-electron chi connectivity index (χ4n) is 4.46. The first kappa shape index (κ1) is 24.6. The van der Waals surface area contributed by atoms with E-state index in [0.29, 0.717) is 48.6 Å². The van der Waals surface area contributed by atoms with Crippen LogP contribution in [0.4, 0.5) is 19.3 Å². The first-order chi connectivity index (χ1) is 16.9. The van der Waals surface area contributed by atoms with Crippen molar-refractivity contribution in [3.05, 3.63) is 88.3 Å². The molecule has 1 aromatic heterocycles. The van der Waals surface area contributed by atoms with Crippen LogP contribution in [0.2, 0.25) is 0 Å². The number of aromatic nitrogens is 1. The number of benzene rings is 2. The van der Waals surface area contributed by atoms with Gasteiger partial charge in [-0.05, 0) is 29.3 Å². The zero-order valence-electron chi connectivity index (χ0n) is 19.6. The van der Waals surface area contributed by atoms with Gasteiger partial charge in [0, 0.05) is 45.9 Å². The van der Waals surface area contributed by atoms with Crippen molar-refractivity contribution in [2.45, 2.75) is 12.0 Å². The maximum absolute atomic E-state index is 13.9. The Labute approximate surface area is 202 Å². The lowest BCUT2D eigenvalue weighted by molar-refractivity contribution is 0.159. The van der Waals surface area contributed by atoms with Gasteiger partial charge in [-0.1, -0.05) is 36.4 Å². The Morgan fingerprint density at radius 2 is 1.86 bits per heavy atom. The average molecular weight is 483 g/mol. The van der Waals surface area contributed by atoms with Crippen molar-refractivity contribution in [3.8, 4) is 11.1 Å². The Hall–Kier alpha value is -3.56. The van der Waals surface area contributed by atoms with Crippen LogP contribution in [0.1, 0.15) is 11.5 Å². The minimum absolute atomic E-state index is 0.236. The summed E-state index contributed by atoms with van der Waals surface area (Å²) in [7, 11) is 3.26. The SMILES string of the molecule is COCCN1C[C@@H](NC(=O)Nc2ccn(C)c(=O)c2-c2ccccc2)[C@H](c2ccc(F)c(F)c2)C1. The number of likely N-dealkylation sites (tertiary alicyclic amines) is 1. The maximum Gasteiger partial charge on any atom is 0.319 e. The van der Waals surface area contributed by atoms with Crippen LogP contribution in [-0.2, 0) is 11.8 Å². The zero-order chi connectivity index (χ0) is 24.9. The highest BCUT2D eigenvalue weighted by Gasteiger charge is 2.35. The summed E-state index contributed by atoms with van der Waals surface area (Å²) in [6, 6.07) is 13.8. The highest BCUT2D eigenvalue weighted by Crippen LogP contribution is 2.29. The van der Waals surface area contributed by atoms with E-state index >= 15 is 0 Å². The third-order valence-corrected chi connectivity index (χ3v) is 6.27. The van der Waals surface area contributed by atoms with Gasteiger partial charge in [0.2, 0.25) is 0 Å². The summed E-state index contributed by atoms with van der Waals surface area (Å²) in [5.74, 6) is -2.08. The number of aryl methyl sites for hydroxylation is 1. The number of anilines is 1. The summed E-state index contributed by atoms with van der Waals surface area (Å²) in [4.78, 5) is 28.0. The summed E-state index contributed by atoms with van der Waals surface area (Å²) in [5, 5.41) is 5.79. The second-order valence-corrected chi connectivity index (χ2v) is 8.62. The lowest BCUT2D eigenvalue weighted by Crippen LogP contribution is -2.42. The Kier molecular flexibility index (Phi) is 7.57. The number of nitrogens with one attached hydrogen (secondary N) is 2. The number of carbonyl (C=O) groups excluding carboxylic acids is 1. The normalized spacial score (nSPS) is 17.9. The number of halogens is 2. The number of pyridine rings is 1. The molecule has 9 heteroatoms. The molecule has 2 atom stereocenters. The summed E-state index contributed by atoms with van der Waals surface area (Å²) in [6.07, 6.45) is 1.59. The molecule has 2 amide bonds. The van der Waals surface area contributed by atoms with E-state index in [0.717, 1.165) is 6.07 Å². The van der Waals surface area contributed by atoms with E-state index < -0.39 is 17.7 Å². The molecule has 0 saturated carbocycles. The van der Waals surface area contributed by atoms with E-state index in [1.165, 1.54) is 10.6 Å². The molecule has 1 saturated heterocycles. The second kappa shape index (κ2) is 10.8. The van der Waals surface area contributed by atoms with Crippen molar-refractivity contribution in [3.63, 3.8) is 0 Å². The standard InChI is InChI=1S/C26H28F2N4O3/c1-31-11-10-22(24(25(31)33)17-6-4-3-5-7-17)29-26(34)30-23-16-32(12-13-35-2)15-19(23)18-8-9-20(27)21(28)14-18/h3-11,14,19,23H,12-13,15-16H2,1-2H3,(H2,29,30,34)/t19-,23+/m0/s1. The quantitative estimate of drug-likeness (QED) is 0.540. The predicted molar refractivity (Wildman–Crippen MR) is 130 cm³/mol. The number of amides is 2. The van der Waals surface area contributed by atoms with E-state index in [9.17, 15) is 18.4 Å². The topological polar surface area (TPSA) is 75.6 Å². The van der Waals surface area contributed by atoms with Gasteiger partial charge in [-0.25, -0.2) is 13.6 Å². The largest absolute Gasteiger partial charge is 0.383 e. The summed E-state index contributed by atoms with van der Waals surface area (Å²) in [5.41, 5.74) is 1.83. The first-order valence-corrected chi connectivity index (χ1v) is 11.4. The molecule has 1 aliphatic rings. The van der Waals surface area contributed by atoms with Crippen LogP contribution in [0.25, 0.3) is 11.1 Å². The van der Waals surface area contributed by atoms with Crippen LogP contribution in [0.15, 0.2) is 65.6 Å². The van der Waals surface area contributed by atoms with Crippen molar-refractivity contribution in [1.29, 1.82) is 0 Å². The molecule has 4 rings (SSSR count). The molecule has 2 aromatic carbocycles. The fourth-order valence-corrected chi connectivity index (χ4v) is 4.46. The van der Waals surface area contributed by atoms with Crippen LogP contribution < -0.4 is 16.2 Å². The van der Waals surface area contributed by atoms with E-state index in [1.807, 2.05) is 30.3 Å². The molecule has 0 bridgehead atoms. The van der Waals surface area contributed by atoms with Gasteiger partial charge in [-0.2, -0.15) is 0 Å². The number of hydrogen-bond donors (Lipinski definition) is 2. The van der Waals surface area contributed by atoms with Gasteiger partial charge >= 0.3 is 6.03 Å². The first-order valence-electron chi connectivity index (χ1n) is 11.4. The number of ether oxygens (including phenoxy) is 1. The molecule has 2 N–H and O–H groups in total. The summed E-state index contributed by atoms with van der Waals surface area (Å²) in [6.45, 7) is 2.23. The molecule has 3 aromatic rings.